The quantitative estimate of drug-likeness (QED) is 0.109. The Hall–Kier alpha value is -14.6. The van der Waals surface area contributed by atoms with E-state index in [0.29, 0.717) is 0 Å². The van der Waals surface area contributed by atoms with Crippen LogP contribution in [0.3, 0.4) is 0 Å². The van der Waals surface area contributed by atoms with Crippen LogP contribution >= 0.6 is 0 Å². The summed E-state index contributed by atoms with van der Waals surface area (Å²) in [5, 5.41) is 0. The Kier molecular flexibility index (Phi) is 51.5. The molecule has 15 heteroatoms. The second-order valence-corrected chi connectivity index (χ2v) is 31.5. The van der Waals surface area contributed by atoms with Crippen LogP contribution in [-0.2, 0) is 101 Å². The number of nitrogens with zero attached hydrogens (tertiary/aromatic N) is 10. The summed E-state index contributed by atoms with van der Waals surface area (Å²) >= 11 is 0. The second kappa shape index (κ2) is 64.7. The molecular weight excluding hydrogens is 2650 g/mol. The SMILES string of the molecule is Cc1c[c-]c(-c2cc(-c3ccccc3)ccn2)cc1.Cc1c[c-]c(-c2cc(C)ccn2)cc1.Cc1c[c-]c(-c2ccccn2)cc1.Cc1cc(-c2[c-]cccc2)ncc1-c1ccccc1.Cc1cc[c-]c(-c2cc(C)ccn2)c1.[Ir].[Ir].[Ir].[Ir].[Ir].[c-]1ccccc1-c1ccccn1.[c-]1ccccc1-c1ccccn1.[c-]1ccccc1-c1ccccn1.[c-]1ccccc1-c1ccccn1.[c-]1ccccc1-c1ccccn1. The molecule has 0 fully saturated rings. The minimum atomic E-state index is 0. The van der Waals surface area contributed by atoms with Crippen molar-refractivity contribution in [3.63, 3.8) is 0 Å². The number of rotatable bonds is 12. The van der Waals surface area contributed by atoms with Crippen molar-refractivity contribution in [3.05, 3.63) is 592 Å². The average Bonchev–Trinajstić information content (AvgIpc) is 0.816. The van der Waals surface area contributed by atoms with Crippen molar-refractivity contribution in [2.75, 3.05) is 0 Å². The molecule has 0 aliphatic rings. The Bertz CT molecular complexity index is 6550. The zero-order valence-electron chi connectivity index (χ0n) is 80.4. The van der Waals surface area contributed by atoms with E-state index in [9.17, 15) is 0 Å². The summed E-state index contributed by atoms with van der Waals surface area (Å²) in [6.07, 6.45) is 18.2. The van der Waals surface area contributed by atoms with Crippen LogP contribution in [0, 0.1) is 109 Å². The van der Waals surface area contributed by atoms with Crippen LogP contribution in [-0.4, -0.2) is 49.8 Å². The normalized spacial score (nSPS) is 9.63. The fourth-order valence-electron chi connectivity index (χ4n) is 13.5. The fraction of sp³-hybridized carbons (Fsp3) is 0.0543. The van der Waals surface area contributed by atoms with E-state index >= 15 is 0 Å². The van der Waals surface area contributed by atoms with Crippen molar-refractivity contribution in [3.8, 4) is 135 Å². The summed E-state index contributed by atoms with van der Waals surface area (Å²) < 4.78 is 0. The van der Waals surface area contributed by atoms with Gasteiger partial charge in [-0.25, -0.2) is 0 Å². The number of aryl methyl sites for hydroxylation is 7. The number of aromatic nitrogens is 10. The first kappa shape index (κ1) is 115. The van der Waals surface area contributed by atoms with Crippen LogP contribution in [0.1, 0.15) is 38.9 Å². The number of benzene rings is 12. The number of pyridine rings is 10. The van der Waals surface area contributed by atoms with Gasteiger partial charge in [0.15, 0.2) is 0 Å². The van der Waals surface area contributed by atoms with Gasteiger partial charge in [-0.05, 0) is 155 Å². The first-order chi connectivity index (χ1) is 68.4. The molecule has 22 rings (SSSR count). The summed E-state index contributed by atoms with van der Waals surface area (Å²) in [7, 11) is 0. The number of hydrogen-bond donors (Lipinski definition) is 0. The van der Waals surface area contributed by atoms with E-state index in [1.807, 2.05) is 371 Å². The van der Waals surface area contributed by atoms with E-state index < -0.39 is 0 Å². The van der Waals surface area contributed by atoms with Crippen molar-refractivity contribution in [2.24, 2.45) is 0 Å². The molecule has 144 heavy (non-hydrogen) atoms. The molecule has 12 aromatic carbocycles. The largest absolute Gasteiger partial charge is 0.305 e. The van der Waals surface area contributed by atoms with Gasteiger partial charge in [-0.3, -0.25) is 0 Å². The molecule has 0 saturated carbocycles. The van der Waals surface area contributed by atoms with Crippen molar-refractivity contribution in [1.29, 1.82) is 0 Å². The van der Waals surface area contributed by atoms with E-state index in [-0.39, 0.29) is 101 Å². The zero-order valence-corrected chi connectivity index (χ0v) is 92.4. The van der Waals surface area contributed by atoms with E-state index in [1.165, 1.54) is 61.2 Å². The Morgan fingerprint density at radius 2 is 0.410 bits per heavy atom. The summed E-state index contributed by atoms with van der Waals surface area (Å²) in [5.41, 5.74) is 33.5. The molecule has 0 saturated heterocycles. The van der Waals surface area contributed by atoms with Crippen molar-refractivity contribution in [2.45, 2.75) is 48.5 Å². The molecule has 5 radical (unpaired) electrons. The molecule has 10 nitrogen and oxygen atoms in total. The summed E-state index contributed by atoms with van der Waals surface area (Å²) in [6, 6.07) is 173. The van der Waals surface area contributed by atoms with Crippen LogP contribution in [0.5, 0.6) is 0 Å². The van der Waals surface area contributed by atoms with Gasteiger partial charge in [-0.1, -0.05) is 197 Å². The summed E-state index contributed by atoms with van der Waals surface area (Å²) in [6.45, 7) is 14.5. The van der Waals surface area contributed by atoms with Crippen molar-refractivity contribution < 1.29 is 101 Å². The van der Waals surface area contributed by atoms with E-state index in [2.05, 4.69) is 244 Å². The molecule has 10 aromatic heterocycles. The van der Waals surface area contributed by atoms with Crippen LogP contribution in [0.4, 0.5) is 0 Å². The topological polar surface area (TPSA) is 129 Å². The van der Waals surface area contributed by atoms with Gasteiger partial charge in [0, 0.05) is 168 Å². The maximum atomic E-state index is 4.55. The van der Waals surface area contributed by atoms with Crippen LogP contribution in [0.25, 0.3) is 135 Å². The number of hydrogen-bond acceptors (Lipinski definition) is 10. The second-order valence-electron chi connectivity index (χ2n) is 31.5. The maximum Gasteiger partial charge on any atom is 0.0242 e. The van der Waals surface area contributed by atoms with Gasteiger partial charge in [0.2, 0.25) is 0 Å². The van der Waals surface area contributed by atoms with E-state index in [0.717, 1.165) is 113 Å². The van der Waals surface area contributed by atoms with Gasteiger partial charge in [-0.15, -0.1) is 357 Å². The molecular formula is C129H102Ir5N10-10. The van der Waals surface area contributed by atoms with E-state index in [1.54, 1.807) is 37.2 Å². The zero-order chi connectivity index (χ0) is 96.3. The average molecular weight is 2750 g/mol. The van der Waals surface area contributed by atoms with Crippen molar-refractivity contribution in [1.82, 2.24) is 49.8 Å². The smallest absolute Gasteiger partial charge is 0.0242 e. The van der Waals surface area contributed by atoms with Gasteiger partial charge in [0.1, 0.15) is 0 Å². The standard InChI is InChI=1S/2C18H14N.2C13H12N.C12H10N.5C11H8N.5Ir/c1-14-12-18(16-10-6-3-7-11-16)19-13-17(14)15-8-4-2-5-9-15;1-14-7-9-16(10-8-14)18-13-17(11-12-19-18)15-5-3-2-4-6-15;1-10-3-5-12(6-4-10)13-9-11(2)7-8-14-13;1-10-4-3-5-12(8-10)13-9-11(2)6-7-14-13;1-10-5-7-11(8-6-10)12-4-2-3-9-13-12;5*1-2-6-10(7-3-1)11-8-4-5-9-12-11;;;;;/h2-10,12-13H,1H3;2-9,11-13H,1H3;3-5,7-9H,1-2H3;3-4,6-9H,1-2H3;2-7,9H,1H3;5*1-6,8-9H;;;;;/q10*-1;;;;;. The third-order valence-electron chi connectivity index (χ3n) is 20.8. The predicted octanol–water partition coefficient (Wildman–Crippen LogP) is 31.0. The van der Waals surface area contributed by atoms with Gasteiger partial charge in [0.05, 0.1) is 0 Å². The van der Waals surface area contributed by atoms with Gasteiger partial charge in [0.25, 0.3) is 0 Å². The third-order valence-corrected chi connectivity index (χ3v) is 20.8. The Morgan fingerprint density at radius 1 is 0.153 bits per heavy atom. The Morgan fingerprint density at radius 3 is 0.694 bits per heavy atom. The monoisotopic (exact) mass is 2760 g/mol. The molecule has 0 aliphatic carbocycles. The Labute approximate surface area is 917 Å². The molecule has 723 valence electrons. The molecule has 0 unspecified atom stereocenters. The summed E-state index contributed by atoms with van der Waals surface area (Å²) in [5.74, 6) is 0. The fourth-order valence-corrected chi connectivity index (χ4v) is 13.5. The summed E-state index contributed by atoms with van der Waals surface area (Å²) in [4.78, 5) is 43.0. The minimum absolute atomic E-state index is 0. The molecule has 22 aromatic rings. The van der Waals surface area contributed by atoms with Gasteiger partial charge < -0.3 is 49.8 Å². The molecule has 0 bridgehead atoms. The molecule has 0 N–H and O–H groups in total. The van der Waals surface area contributed by atoms with Crippen LogP contribution < -0.4 is 0 Å². The predicted molar refractivity (Wildman–Crippen MR) is 569 cm³/mol. The van der Waals surface area contributed by atoms with Gasteiger partial charge >= 0.3 is 0 Å². The molecule has 10 heterocycles. The maximum absolute atomic E-state index is 4.55. The molecule has 0 atom stereocenters. The van der Waals surface area contributed by atoms with Crippen molar-refractivity contribution >= 4 is 0 Å². The van der Waals surface area contributed by atoms with Crippen LogP contribution in [0.2, 0.25) is 0 Å². The molecule has 0 spiro atoms. The molecule has 0 amide bonds. The van der Waals surface area contributed by atoms with Gasteiger partial charge in [-0.2, -0.15) is 0 Å². The van der Waals surface area contributed by atoms with Crippen LogP contribution in [0.15, 0.2) is 493 Å². The third kappa shape index (κ3) is 39.0. The molecule has 0 aliphatic heterocycles. The first-order valence-corrected chi connectivity index (χ1v) is 45.5. The minimum Gasteiger partial charge on any atom is -0.305 e. The first-order valence-electron chi connectivity index (χ1n) is 45.5. The van der Waals surface area contributed by atoms with E-state index in [4.69, 9.17) is 0 Å². The Balaban J connectivity index is 0.000000196.